The minimum atomic E-state index is -0.644. The van der Waals surface area contributed by atoms with E-state index in [9.17, 15) is 5.11 Å². The molecule has 0 saturated heterocycles. The summed E-state index contributed by atoms with van der Waals surface area (Å²) < 4.78 is 8.24. The molecule has 0 radical (unpaired) electrons. The zero-order chi connectivity index (χ0) is 15.0. The molecule has 5 heteroatoms. The van der Waals surface area contributed by atoms with Crippen molar-refractivity contribution in [1.82, 2.24) is 9.38 Å². The summed E-state index contributed by atoms with van der Waals surface area (Å²) in [7, 11) is 1.63. The van der Waals surface area contributed by atoms with E-state index in [1.54, 1.807) is 14.0 Å². The number of fused-ring (bicyclic) bond motifs is 1. The molecule has 1 unspecified atom stereocenters. The molecular formula is C16H15BrN2O2. The zero-order valence-electron chi connectivity index (χ0n) is 11.7. The maximum atomic E-state index is 10.2. The molecule has 2 aromatic heterocycles. The maximum Gasteiger partial charge on any atom is 0.137 e. The van der Waals surface area contributed by atoms with Crippen molar-refractivity contribution in [3.63, 3.8) is 0 Å². The third kappa shape index (κ3) is 2.43. The predicted octanol–water partition coefficient (Wildman–Crippen LogP) is 3.83. The lowest BCUT2D eigenvalue weighted by atomic mass is 10.1. The van der Waals surface area contributed by atoms with Crippen LogP contribution in [0.3, 0.4) is 0 Å². The Balaban J connectivity index is 2.34. The second-order valence-corrected chi connectivity index (χ2v) is 5.71. The molecule has 2 heterocycles. The van der Waals surface area contributed by atoms with Crippen LogP contribution in [0.15, 0.2) is 47.1 Å². The molecule has 0 fully saturated rings. The first kappa shape index (κ1) is 14.1. The molecule has 4 nitrogen and oxygen atoms in total. The fourth-order valence-electron chi connectivity index (χ4n) is 2.47. The Morgan fingerprint density at radius 1 is 1.24 bits per heavy atom. The van der Waals surface area contributed by atoms with Gasteiger partial charge in [0.15, 0.2) is 0 Å². The van der Waals surface area contributed by atoms with Crippen LogP contribution < -0.4 is 4.74 Å². The van der Waals surface area contributed by atoms with Crippen molar-refractivity contribution in [2.45, 2.75) is 13.0 Å². The second-order valence-electron chi connectivity index (χ2n) is 4.80. The quantitative estimate of drug-likeness (QED) is 0.783. The summed E-state index contributed by atoms with van der Waals surface area (Å²) in [5, 5.41) is 10.2. The molecule has 108 valence electrons. The van der Waals surface area contributed by atoms with Gasteiger partial charge in [-0.25, -0.2) is 4.98 Å². The highest BCUT2D eigenvalue weighted by molar-refractivity contribution is 9.10. The van der Waals surface area contributed by atoms with E-state index < -0.39 is 6.10 Å². The number of methoxy groups -OCH3 is 1. The first-order valence-electron chi connectivity index (χ1n) is 6.60. The minimum Gasteiger partial charge on any atom is -0.496 e. The Morgan fingerprint density at radius 3 is 2.71 bits per heavy atom. The van der Waals surface area contributed by atoms with Gasteiger partial charge < -0.3 is 9.84 Å². The number of aromatic nitrogens is 2. The van der Waals surface area contributed by atoms with Crippen molar-refractivity contribution in [2.75, 3.05) is 7.11 Å². The highest BCUT2D eigenvalue weighted by Gasteiger charge is 2.20. The molecule has 0 aliphatic rings. The van der Waals surface area contributed by atoms with Gasteiger partial charge in [-0.15, -0.1) is 0 Å². The van der Waals surface area contributed by atoms with E-state index >= 15 is 0 Å². The number of pyridine rings is 1. The highest BCUT2D eigenvalue weighted by Crippen LogP contribution is 2.35. The third-order valence-corrected chi connectivity index (χ3v) is 3.85. The van der Waals surface area contributed by atoms with Crippen molar-refractivity contribution >= 4 is 21.6 Å². The number of aliphatic hydroxyl groups is 1. The number of imidazole rings is 1. The monoisotopic (exact) mass is 346 g/mol. The fourth-order valence-corrected chi connectivity index (χ4v) is 2.81. The van der Waals surface area contributed by atoms with Crippen LogP contribution in [-0.2, 0) is 0 Å². The van der Waals surface area contributed by atoms with Crippen LogP contribution in [0.1, 0.15) is 18.7 Å². The van der Waals surface area contributed by atoms with Gasteiger partial charge in [-0.2, -0.15) is 0 Å². The number of hydrogen-bond acceptors (Lipinski definition) is 3. The van der Waals surface area contributed by atoms with Crippen LogP contribution in [0, 0.1) is 0 Å². The van der Waals surface area contributed by atoms with E-state index in [0.29, 0.717) is 0 Å². The Morgan fingerprint density at radius 2 is 2.00 bits per heavy atom. The Kier molecular flexibility index (Phi) is 3.69. The summed E-state index contributed by atoms with van der Waals surface area (Å²) in [5.74, 6) is 0.738. The van der Waals surface area contributed by atoms with E-state index in [-0.39, 0.29) is 0 Å². The Bertz CT molecular complexity index is 796. The van der Waals surface area contributed by atoms with Gasteiger partial charge >= 0.3 is 0 Å². The smallest absolute Gasteiger partial charge is 0.137 e. The molecule has 0 aliphatic carbocycles. The van der Waals surface area contributed by atoms with Crippen molar-refractivity contribution in [2.24, 2.45) is 0 Å². The number of ether oxygens (including phenoxy) is 1. The second kappa shape index (κ2) is 5.50. The number of benzene rings is 1. The third-order valence-electron chi connectivity index (χ3n) is 3.38. The van der Waals surface area contributed by atoms with Crippen LogP contribution in [0.5, 0.6) is 5.75 Å². The van der Waals surface area contributed by atoms with Gasteiger partial charge in [-0.3, -0.25) is 4.40 Å². The predicted molar refractivity (Wildman–Crippen MR) is 85.5 cm³/mol. The fraction of sp³-hybridized carbons (Fsp3) is 0.188. The lowest BCUT2D eigenvalue weighted by molar-refractivity contribution is 0.194. The van der Waals surface area contributed by atoms with Gasteiger partial charge in [0, 0.05) is 16.2 Å². The van der Waals surface area contributed by atoms with Gasteiger partial charge in [-0.05, 0) is 47.1 Å². The van der Waals surface area contributed by atoms with Crippen molar-refractivity contribution < 1.29 is 9.84 Å². The van der Waals surface area contributed by atoms with Crippen molar-refractivity contribution in [1.29, 1.82) is 0 Å². The molecule has 3 rings (SSSR count). The Labute approximate surface area is 131 Å². The lowest BCUT2D eigenvalue weighted by Crippen LogP contribution is -2.00. The number of para-hydroxylation sites is 1. The summed E-state index contributed by atoms with van der Waals surface area (Å²) >= 11 is 3.45. The molecule has 1 N–H and O–H groups in total. The summed E-state index contributed by atoms with van der Waals surface area (Å²) in [6.07, 6.45) is 1.26. The summed E-state index contributed by atoms with van der Waals surface area (Å²) in [5.41, 5.74) is 3.14. The average molecular weight is 347 g/mol. The molecule has 0 amide bonds. The van der Waals surface area contributed by atoms with E-state index in [0.717, 1.165) is 32.8 Å². The molecular weight excluding hydrogens is 332 g/mol. The number of rotatable bonds is 3. The molecule has 1 aromatic carbocycles. The van der Waals surface area contributed by atoms with Crippen molar-refractivity contribution in [3.05, 3.63) is 52.8 Å². The molecule has 1 atom stereocenters. The number of halogens is 1. The standard InChI is InChI=1S/C16H15BrN2O2/c1-10(20)16-15(12-5-3-4-6-13(12)21-2)18-14-8-7-11(17)9-19(14)16/h3-10,20H,1-2H3. The minimum absolute atomic E-state index is 0.644. The maximum absolute atomic E-state index is 10.2. The first-order chi connectivity index (χ1) is 10.1. The van der Waals surface area contributed by atoms with Gasteiger partial charge in [0.1, 0.15) is 11.4 Å². The van der Waals surface area contributed by atoms with Crippen LogP contribution in [-0.4, -0.2) is 21.6 Å². The van der Waals surface area contributed by atoms with E-state index in [4.69, 9.17) is 4.74 Å². The Hall–Kier alpha value is -1.85. The molecule has 21 heavy (non-hydrogen) atoms. The molecule has 0 saturated carbocycles. The van der Waals surface area contributed by atoms with Gasteiger partial charge in [0.25, 0.3) is 0 Å². The van der Waals surface area contributed by atoms with Crippen LogP contribution in [0.2, 0.25) is 0 Å². The van der Waals surface area contributed by atoms with Gasteiger partial charge in [0.2, 0.25) is 0 Å². The summed E-state index contributed by atoms with van der Waals surface area (Å²) in [4.78, 5) is 4.66. The average Bonchev–Trinajstić information content (AvgIpc) is 2.85. The molecule has 0 spiro atoms. The van der Waals surface area contributed by atoms with Crippen LogP contribution >= 0.6 is 15.9 Å². The lowest BCUT2D eigenvalue weighted by Gasteiger charge is -2.10. The highest BCUT2D eigenvalue weighted by atomic mass is 79.9. The van der Waals surface area contributed by atoms with Crippen LogP contribution in [0.25, 0.3) is 16.9 Å². The normalized spacial score (nSPS) is 12.6. The van der Waals surface area contributed by atoms with E-state index in [1.807, 2.05) is 47.0 Å². The van der Waals surface area contributed by atoms with Crippen molar-refractivity contribution in [3.8, 4) is 17.0 Å². The van der Waals surface area contributed by atoms with Gasteiger partial charge in [0.05, 0.1) is 24.6 Å². The van der Waals surface area contributed by atoms with E-state index in [2.05, 4.69) is 20.9 Å². The molecule has 3 aromatic rings. The van der Waals surface area contributed by atoms with Crippen LogP contribution in [0.4, 0.5) is 0 Å². The summed E-state index contributed by atoms with van der Waals surface area (Å²) in [6, 6.07) is 11.5. The largest absolute Gasteiger partial charge is 0.496 e. The topological polar surface area (TPSA) is 46.8 Å². The molecule has 0 bridgehead atoms. The number of hydrogen-bond donors (Lipinski definition) is 1. The summed E-state index contributed by atoms with van der Waals surface area (Å²) in [6.45, 7) is 1.74. The van der Waals surface area contributed by atoms with Gasteiger partial charge in [-0.1, -0.05) is 12.1 Å². The first-order valence-corrected chi connectivity index (χ1v) is 7.40. The van der Waals surface area contributed by atoms with E-state index in [1.165, 1.54) is 0 Å². The zero-order valence-corrected chi connectivity index (χ0v) is 13.3. The SMILES string of the molecule is COc1ccccc1-c1nc2ccc(Br)cn2c1C(C)O. The number of aliphatic hydroxyl groups excluding tert-OH is 1. The number of nitrogens with zero attached hydrogens (tertiary/aromatic N) is 2. The molecule has 0 aliphatic heterocycles.